The van der Waals surface area contributed by atoms with Crippen LogP contribution in [0.5, 0.6) is 11.5 Å². The predicted octanol–water partition coefficient (Wildman–Crippen LogP) is 1.85. The Morgan fingerprint density at radius 1 is 1.20 bits per heavy atom. The van der Waals surface area contributed by atoms with Crippen LogP contribution in [0, 0.1) is 0 Å². The average Bonchev–Trinajstić information content (AvgIpc) is 2.84. The summed E-state index contributed by atoms with van der Waals surface area (Å²) in [5, 5.41) is 0. The molecule has 15 heavy (non-hydrogen) atoms. The van der Waals surface area contributed by atoms with Crippen molar-refractivity contribution in [2.24, 2.45) is 0 Å². The van der Waals surface area contributed by atoms with Crippen molar-refractivity contribution in [2.75, 3.05) is 13.4 Å². The number of rotatable bonds is 1. The lowest BCUT2D eigenvalue weighted by atomic mass is 10.2. The smallest absolute Gasteiger partial charge is 0.231 e. The van der Waals surface area contributed by atoms with Crippen LogP contribution in [0.15, 0.2) is 18.2 Å². The van der Waals surface area contributed by atoms with Crippen LogP contribution in [0.4, 0.5) is 0 Å². The summed E-state index contributed by atoms with van der Waals surface area (Å²) in [6, 6.07) is 5.73. The van der Waals surface area contributed by atoms with Gasteiger partial charge in [0.1, 0.15) is 0 Å². The van der Waals surface area contributed by atoms with Crippen LogP contribution in [0.25, 0.3) is 0 Å². The molecule has 0 aromatic heterocycles. The first-order valence-corrected chi connectivity index (χ1v) is 4.99. The first kappa shape index (κ1) is 9.00. The van der Waals surface area contributed by atoms with E-state index >= 15 is 0 Å². The molecule has 0 radical (unpaired) electrons. The molecular weight excluding hydrogens is 196 g/mol. The average molecular weight is 208 g/mol. The van der Waals surface area contributed by atoms with Gasteiger partial charge in [-0.15, -0.1) is 0 Å². The molecule has 0 N–H and O–H groups in total. The van der Waals surface area contributed by atoms with Gasteiger partial charge in [0.2, 0.25) is 6.79 Å². The number of hydrogen-bond donors (Lipinski definition) is 0. The molecule has 4 heteroatoms. The fraction of sp³-hybridized carbons (Fsp3) is 0.455. The molecule has 2 atom stereocenters. The zero-order valence-electron chi connectivity index (χ0n) is 8.43. The Hall–Kier alpha value is -1.26. The Kier molecular flexibility index (Phi) is 2.04. The third kappa shape index (κ3) is 1.56. The van der Waals surface area contributed by atoms with Gasteiger partial charge in [0, 0.05) is 5.56 Å². The zero-order valence-corrected chi connectivity index (χ0v) is 8.43. The van der Waals surface area contributed by atoms with Gasteiger partial charge in [0.05, 0.1) is 12.7 Å². The van der Waals surface area contributed by atoms with E-state index in [1.54, 1.807) is 0 Å². The van der Waals surface area contributed by atoms with Crippen molar-refractivity contribution in [3.05, 3.63) is 23.8 Å². The van der Waals surface area contributed by atoms with E-state index in [0.717, 1.165) is 17.1 Å². The second kappa shape index (κ2) is 3.40. The zero-order chi connectivity index (χ0) is 10.3. The van der Waals surface area contributed by atoms with Crippen molar-refractivity contribution >= 4 is 0 Å². The first-order chi connectivity index (χ1) is 7.33. The molecule has 2 unspecified atom stereocenters. The molecule has 0 aliphatic carbocycles. The summed E-state index contributed by atoms with van der Waals surface area (Å²) in [4.78, 5) is 0. The van der Waals surface area contributed by atoms with Crippen LogP contribution in [0.2, 0.25) is 0 Å². The monoisotopic (exact) mass is 208 g/mol. The third-order valence-corrected chi connectivity index (χ3v) is 2.51. The number of benzene rings is 1. The Balaban J connectivity index is 1.87. The highest BCUT2D eigenvalue weighted by atomic mass is 16.7. The van der Waals surface area contributed by atoms with Crippen molar-refractivity contribution in [1.82, 2.24) is 0 Å². The molecule has 3 rings (SSSR count). The van der Waals surface area contributed by atoms with Crippen LogP contribution < -0.4 is 9.47 Å². The van der Waals surface area contributed by atoms with Crippen LogP contribution in [0.1, 0.15) is 18.8 Å². The lowest BCUT2D eigenvalue weighted by Crippen LogP contribution is -2.02. The van der Waals surface area contributed by atoms with Gasteiger partial charge in [-0.05, 0) is 25.1 Å². The van der Waals surface area contributed by atoms with Crippen molar-refractivity contribution in [1.29, 1.82) is 0 Å². The second-order valence-corrected chi connectivity index (χ2v) is 3.72. The summed E-state index contributed by atoms with van der Waals surface area (Å²) < 4.78 is 21.6. The number of ether oxygens (including phenoxy) is 4. The summed E-state index contributed by atoms with van der Waals surface area (Å²) in [7, 11) is 0. The maximum Gasteiger partial charge on any atom is 0.231 e. The molecule has 1 aromatic carbocycles. The molecule has 4 nitrogen and oxygen atoms in total. The van der Waals surface area contributed by atoms with E-state index in [0.29, 0.717) is 13.4 Å². The summed E-state index contributed by atoms with van der Waals surface area (Å²) in [5.74, 6) is 1.55. The van der Waals surface area contributed by atoms with Gasteiger partial charge in [0.15, 0.2) is 17.8 Å². The van der Waals surface area contributed by atoms with Crippen molar-refractivity contribution in [3.63, 3.8) is 0 Å². The molecule has 80 valence electrons. The highest BCUT2D eigenvalue weighted by Crippen LogP contribution is 2.36. The van der Waals surface area contributed by atoms with Crippen LogP contribution in [0.3, 0.4) is 0 Å². The lowest BCUT2D eigenvalue weighted by molar-refractivity contribution is -0.0572. The van der Waals surface area contributed by atoms with Gasteiger partial charge in [-0.25, -0.2) is 0 Å². The van der Waals surface area contributed by atoms with Crippen molar-refractivity contribution < 1.29 is 18.9 Å². The van der Waals surface area contributed by atoms with E-state index in [1.807, 2.05) is 25.1 Å². The Morgan fingerprint density at radius 3 is 2.87 bits per heavy atom. The van der Waals surface area contributed by atoms with Gasteiger partial charge in [0.25, 0.3) is 0 Å². The SMILES string of the molecule is CC1COC(c2ccc3c(c2)OCO3)O1. The molecule has 1 saturated heterocycles. The summed E-state index contributed by atoms with van der Waals surface area (Å²) in [5.41, 5.74) is 0.976. The van der Waals surface area contributed by atoms with E-state index in [2.05, 4.69) is 0 Å². The van der Waals surface area contributed by atoms with Gasteiger partial charge >= 0.3 is 0 Å². The van der Waals surface area contributed by atoms with E-state index in [4.69, 9.17) is 18.9 Å². The molecule has 0 amide bonds. The van der Waals surface area contributed by atoms with E-state index < -0.39 is 0 Å². The minimum Gasteiger partial charge on any atom is -0.454 e. The number of hydrogen-bond acceptors (Lipinski definition) is 4. The van der Waals surface area contributed by atoms with E-state index in [-0.39, 0.29) is 12.4 Å². The van der Waals surface area contributed by atoms with Gasteiger partial charge < -0.3 is 18.9 Å². The molecule has 1 aromatic rings. The van der Waals surface area contributed by atoms with Gasteiger partial charge in [-0.3, -0.25) is 0 Å². The quantitative estimate of drug-likeness (QED) is 0.705. The Bertz CT molecular complexity index is 377. The summed E-state index contributed by atoms with van der Waals surface area (Å²) in [6.45, 7) is 2.92. The van der Waals surface area contributed by atoms with E-state index in [1.165, 1.54) is 0 Å². The molecule has 0 saturated carbocycles. The fourth-order valence-electron chi connectivity index (χ4n) is 1.75. The van der Waals surface area contributed by atoms with Crippen LogP contribution >= 0.6 is 0 Å². The minimum absolute atomic E-state index is 0.153. The van der Waals surface area contributed by atoms with Crippen LogP contribution in [-0.4, -0.2) is 19.5 Å². The minimum atomic E-state index is -0.269. The summed E-state index contributed by atoms with van der Waals surface area (Å²) >= 11 is 0. The molecule has 0 spiro atoms. The molecule has 2 aliphatic heterocycles. The van der Waals surface area contributed by atoms with Gasteiger partial charge in [-0.1, -0.05) is 0 Å². The summed E-state index contributed by atoms with van der Waals surface area (Å²) in [6.07, 6.45) is -0.116. The number of fused-ring (bicyclic) bond motifs is 1. The molecular formula is C11H12O4. The van der Waals surface area contributed by atoms with Crippen LogP contribution in [-0.2, 0) is 9.47 Å². The standard InChI is InChI=1S/C11H12O4/c1-7-5-12-11(15-7)8-2-3-9-10(4-8)14-6-13-9/h2-4,7,11H,5-6H2,1H3. The maximum absolute atomic E-state index is 5.59. The first-order valence-electron chi connectivity index (χ1n) is 4.99. The van der Waals surface area contributed by atoms with E-state index in [9.17, 15) is 0 Å². The highest BCUT2D eigenvalue weighted by molar-refractivity contribution is 5.44. The topological polar surface area (TPSA) is 36.9 Å². The second-order valence-electron chi connectivity index (χ2n) is 3.72. The molecule has 2 heterocycles. The fourth-order valence-corrected chi connectivity index (χ4v) is 1.75. The lowest BCUT2D eigenvalue weighted by Gasteiger charge is -2.10. The normalized spacial score (nSPS) is 28.3. The molecule has 2 aliphatic rings. The van der Waals surface area contributed by atoms with Crippen molar-refractivity contribution in [3.8, 4) is 11.5 Å². The molecule has 0 bridgehead atoms. The highest BCUT2D eigenvalue weighted by Gasteiger charge is 2.25. The molecule has 1 fully saturated rings. The predicted molar refractivity (Wildman–Crippen MR) is 51.8 cm³/mol. The maximum atomic E-state index is 5.59. The van der Waals surface area contributed by atoms with Crippen molar-refractivity contribution in [2.45, 2.75) is 19.3 Å². The third-order valence-electron chi connectivity index (χ3n) is 2.51. The van der Waals surface area contributed by atoms with Gasteiger partial charge in [-0.2, -0.15) is 0 Å². The Morgan fingerprint density at radius 2 is 2.07 bits per heavy atom. The Labute approximate surface area is 87.7 Å². The largest absolute Gasteiger partial charge is 0.454 e.